The molecule has 0 aliphatic heterocycles. The maximum absolute atomic E-state index is 6.73. The molecule has 0 saturated heterocycles. The molecular formula is C28H29Cl2Zr. The Morgan fingerprint density at radius 3 is 2.19 bits per heavy atom. The van der Waals surface area contributed by atoms with Crippen molar-refractivity contribution >= 4 is 23.1 Å². The SMILES string of the molecule is CCCCC1=Cc2c(ccc(C(C)C)c2-c2ccccc2-c2ccccc2)[CH]1[Zr]([Cl])[Cl]. The monoisotopic (exact) mass is 525 g/mol. The van der Waals surface area contributed by atoms with Crippen molar-refractivity contribution in [2.75, 3.05) is 0 Å². The number of hydrogen-bond donors (Lipinski definition) is 0. The van der Waals surface area contributed by atoms with E-state index in [0.717, 1.165) is 6.42 Å². The van der Waals surface area contributed by atoms with Crippen molar-refractivity contribution in [3.63, 3.8) is 0 Å². The standard InChI is InChI=1S/C28H29.2ClH.Zr/c1-4-5-11-21-18-23-16-17-24(20(2)3)28(27(23)19-21)26-15-10-9-14-25(26)22-12-7-6-8-13-22;;;/h6-10,12-20H,4-5,11H2,1-3H3;2*1H;/q;;;+2/p-2. The van der Waals surface area contributed by atoms with E-state index in [1.54, 1.807) is 0 Å². The van der Waals surface area contributed by atoms with Crippen molar-refractivity contribution in [3.05, 3.63) is 89.0 Å². The fourth-order valence-electron chi connectivity index (χ4n) is 4.74. The zero-order valence-corrected chi connectivity index (χ0v) is 22.4. The Hall–Kier alpha value is -1.14. The minimum atomic E-state index is -2.52. The average molecular weight is 528 g/mol. The molecule has 3 aromatic rings. The van der Waals surface area contributed by atoms with Crippen molar-refractivity contribution < 1.29 is 19.4 Å². The first-order valence-electron chi connectivity index (χ1n) is 11.2. The summed E-state index contributed by atoms with van der Waals surface area (Å²) in [6.45, 7) is 6.82. The average Bonchev–Trinajstić information content (AvgIpc) is 3.16. The van der Waals surface area contributed by atoms with Gasteiger partial charge in [0.25, 0.3) is 0 Å². The van der Waals surface area contributed by atoms with Crippen LogP contribution < -0.4 is 0 Å². The van der Waals surface area contributed by atoms with Gasteiger partial charge in [-0.3, -0.25) is 0 Å². The Balaban J connectivity index is 1.98. The molecule has 159 valence electrons. The molecule has 4 rings (SSSR count). The van der Waals surface area contributed by atoms with Crippen molar-refractivity contribution in [1.82, 2.24) is 0 Å². The van der Waals surface area contributed by atoms with Crippen LogP contribution in [0.2, 0.25) is 0 Å². The molecule has 1 aliphatic carbocycles. The first-order valence-corrected chi connectivity index (χ1v) is 19.0. The van der Waals surface area contributed by atoms with E-state index < -0.39 is 19.4 Å². The van der Waals surface area contributed by atoms with Crippen LogP contribution in [-0.4, -0.2) is 0 Å². The van der Waals surface area contributed by atoms with Crippen LogP contribution in [-0.2, 0) is 19.4 Å². The normalized spacial score (nSPS) is 15.2. The summed E-state index contributed by atoms with van der Waals surface area (Å²) in [7, 11) is 13.5. The predicted octanol–water partition coefficient (Wildman–Crippen LogP) is 9.70. The summed E-state index contributed by atoms with van der Waals surface area (Å²) in [5.74, 6) is 0.431. The molecule has 0 radical (unpaired) electrons. The summed E-state index contributed by atoms with van der Waals surface area (Å²) >= 11 is -2.52. The van der Waals surface area contributed by atoms with Crippen molar-refractivity contribution in [2.45, 2.75) is 49.6 Å². The number of benzene rings is 3. The zero-order valence-electron chi connectivity index (χ0n) is 18.5. The Bertz CT molecular complexity index is 1080. The van der Waals surface area contributed by atoms with Gasteiger partial charge in [-0.05, 0) is 0 Å². The third-order valence-corrected chi connectivity index (χ3v) is 11.6. The van der Waals surface area contributed by atoms with E-state index in [-0.39, 0.29) is 3.63 Å². The van der Waals surface area contributed by atoms with Crippen LogP contribution >= 0.6 is 17.0 Å². The quantitative estimate of drug-likeness (QED) is 0.287. The molecule has 3 aromatic carbocycles. The van der Waals surface area contributed by atoms with Crippen LogP contribution in [0.1, 0.15) is 66.3 Å². The number of rotatable bonds is 7. The van der Waals surface area contributed by atoms with Gasteiger partial charge in [-0.2, -0.15) is 0 Å². The molecule has 0 amide bonds. The molecule has 1 aliphatic rings. The molecule has 0 bridgehead atoms. The molecule has 31 heavy (non-hydrogen) atoms. The number of halogens is 2. The molecule has 0 aromatic heterocycles. The van der Waals surface area contributed by atoms with Crippen LogP contribution in [0.4, 0.5) is 0 Å². The van der Waals surface area contributed by atoms with Crippen LogP contribution in [0.15, 0.2) is 72.3 Å². The maximum atomic E-state index is 6.73. The Labute approximate surface area is 202 Å². The second-order valence-corrected chi connectivity index (χ2v) is 17.5. The Morgan fingerprint density at radius 2 is 1.55 bits per heavy atom. The van der Waals surface area contributed by atoms with Gasteiger partial charge in [0.2, 0.25) is 0 Å². The topological polar surface area (TPSA) is 0 Å². The summed E-state index contributed by atoms with van der Waals surface area (Å²) < 4.78 is 0.274. The van der Waals surface area contributed by atoms with Crippen LogP contribution in [0.25, 0.3) is 28.3 Å². The first kappa shape index (κ1) is 23.0. The Morgan fingerprint density at radius 1 is 0.871 bits per heavy atom. The summed E-state index contributed by atoms with van der Waals surface area (Å²) in [6.07, 6.45) is 5.90. The fraction of sp³-hybridized carbons (Fsp3) is 0.286. The summed E-state index contributed by atoms with van der Waals surface area (Å²) in [5, 5.41) is 0. The predicted molar refractivity (Wildman–Crippen MR) is 133 cm³/mol. The van der Waals surface area contributed by atoms with Crippen LogP contribution in [0.3, 0.4) is 0 Å². The van der Waals surface area contributed by atoms with Crippen LogP contribution in [0, 0.1) is 0 Å². The van der Waals surface area contributed by atoms with E-state index in [4.69, 9.17) is 17.0 Å². The van der Waals surface area contributed by atoms with E-state index in [2.05, 4.69) is 93.6 Å². The molecule has 0 saturated carbocycles. The van der Waals surface area contributed by atoms with E-state index in [1.165, 1.54) is 57.4 Å². The third kappa shape index (κ3) is 4.66. The van der Waals surface area contributed by atoms with Gasteiger partial charge >= 0.3 is 203 Å². The van der Waals surface area contributed by atoms with Gasteiger partial charge in [0.05, 0.1) is 0 Å². The molecule has 0 fully saturated rings. The summed E-state index contributed by atoms with van der Waals surface area (Å²) in [6, 6.07) is 24.2. The number of allylic oxidation sites excluding steroid dienone is 1. The number of unbranched alkanes of at least 4 members (excludes halogenated alkanes) is 1. The van der Waals surface area contributed by atoms with E-state index in [0.29, 0.717) is 5.92 Å². The van der Waals surface area contributed by atoms with Gasteiger partial charge in [-0.1, -0.05) is 0 Å². The number of fused-ring (bicyclic) bond motifs is 1. The van der Waals surface area contributed by atoms with Crippen molar-refractivity contribution in [3.8, 4) is 22.3 Å². The van der Waals surface area contributed by atoms with Gasteiger partial charge in [0.15, 0.2) is 0 Å². The van der Waals surface area contributed by atoms with Gasteiger partial charge < -0.3 is 0 Å². The van der Waals surface area contributed by atoms with Crippen molar-refractivity contribution in [2.24, 2.45) is 0 Å². The molecule has 3 heteroatoms. The minimum absolute atomic E-state index is 0.274. The van der Waals surface area contributed by atoms with E-state index in [9.17, 15) is 0 Å². The van der Waals surface area contributed by atoms with E-state index in [1.807, 2.05) is 0 Å². The molecule has 1 unspecified atom stereocenters. The number of hydrogen-bond acceptors (Lipinski definition) is 0. The van der Waals surface area contributed by atoms with E-state index >= 15 is 0 Å². The molecule has 0 heterocycles. The second-order valence-electron chi connectivity index (χ2n) is 8.64. The molecule has 0 nitrogen and oxygen atoms in total. The molecule has 0 N–H and O–H groups in total. The first-order chi connectivity index (χ1) is 15.0. The van der Waals surface area contributed by atoms with Gasteiger partial charge in [-0.15, -0.1) is 0 Å². The summed E-state index contributed by atoms with van der Waals surface area (Å²) in [4.78, 5) is 0. The second kappa shape index (κ2) is 10.2. The van der Waals surface area contributed by atoms with Gasteiger partial charge in [0, 0.05) is 0 Å². The van der Waals surface area contributed by atoms with Crippen molar-refractivity contribution in [1.29, 1.82) is 0 Å². The molecular weight excluding hydrogens is 498 g/mol. The Kier molecular flexibility index (Phi) is 7.58. The van der Waals surface area contributed by atoms with Gasteiger partial charge in [0.1, 0.15) is 0 Å². The summed E-state index contributed by atoms with van der Waals surface area (Å²) in [5.41, 5.74) is 10.7. The zero-order chi connectivity index (χ0) is 22.0. The third-order valence-electron chi connectivity index (χ3n) is 6.26. The molecule has 0 spiro atoms. The van der Waals surface area contributed by atoms with Gasteiger partial charge in [-0.25, -0.2) is 0 Å². The molecule has 1 atom stereocenters. The fourth-order valence-corrected chi connectivity index (χ4v) is 10.2. The van der Waals surface area contributed by atoms with Crippen LogP contribution in [0.5, 0.6) is 0 Å².